The highest BCUT2D eigenvalue weighted by Gasteiger charge is 1.99. The van der Waals surface area contributed by atoms with Crippen molar-refractivity contribution in [1.29, 1.82) is 0 Å². The summed E-state index contributed by atoms with van der Waals surface area (Å²) in [5.41, 5.74) is 4.33. The third-order valence-electron chi connectivity index (χ3n) is 2.68. The van der Waals surface area contributed by atoms with Gasteiger partial charge in [-0.2, -0.15) is 0 Å². The topological polar surface area (TPSA) is 49.3 Å². The first kappa shape index (κ1) is 12.2. The Morgan fingerprint density at radius 1 is 1.11 bits per heavy atom. The molecule has 0 heterocycles. The predicted molar refractivity (Wildman–Crippen MR) is 72.7 cm³/mol. The van der Waals surface area contributed by atoms with Crippen molar-refractivity contribution < 1.29 is 9.90 Å². The molecule has 0 amide bonds. The lowest BCUT2D eigenvalue weighted by molar-refractivity contribution is -0.134. The standard InChI is InChI=1S/C15H15NO2/c1-11-3-2-4-13(9-11)12-5-7-14(8-6-12)16-10-15(17)18/h2-9,16H,10H2,1H3,(H,17,18). The third-order valence-corrected chi connectivity index (χ3v) is 2.68. The Bertz CT molecular complexity index is 547. The Balaban J connectivity index is 2.14. The summed E-state index contributed by atoms with van der Waals surface area (Å²) in [5.74, 6) is -0.863. The van der Waals surface area contributed by atoms with Crippen LogP contribution in [0.5, 0.6) is 0 Å². The van der Waals surface area contributed by atoms with E-state index in [-0.39, 0.29) is 6.54 Å². The van der Waals surface area contributed by atoms with Gasteiger partial charge in [0.05, 0.1) is 0 Å². The zero-order chi connectivity index (χ0) is 13.0. The lowest BCUT2D eigenvalue weighted by atomic mass is 10.0. The van der Waals surface area contributed by atoms with Gasteiger partial charge in [-0.05, 0) is 30.2 Å². The second-order valence-corrected chi connectivity index (χ2v) is 4.19. The fraction of sp³-hybridized carbons (Fsp3) is 0.133. The minimum atomic E-state index is -0.863. The quantitative estimate of drug-likeness (QED) is 0.864. The number of carbonyl (C=O) groups is 1. The van der Waals surface area contributed by atoms with Crippen LogP contribution in [0.1, 0.15) is 5.56 Å². The molecule has 2 aromatic rings. The lowest BCUT2D eigenvalue weighted by Gasteiger charge is -2.06. The van der Waals surface area contributed by atoms with Gasteiger partial charge >= 0.3 is 5.97 Å². The van der Waals surface area contributed by atoms with Gasteiger partial charge in [0.25, 0.3) is 0 Å². The molecule has 0 fully saturated rings. The van der Waals surface area contributed by atoms with Crippen molar-refractivity contribution in [2.75, 3.05) is 11.9 Å². The predicted octanol–water partition coefficient (Wildman–Crippen LogP) is 3.16. The zero-order valence-electron chi connectivity index (χ0n) is 10.2. The van der Waals surface area contributed by atoms with Gasteiger partial charge in [-0.3, -0.25) is 4.79 Å². The molecule has 0 bridgehead atoms. The third kappa shape index (κ3) is 3.10. The van der Waals surface area contributed by atoms with Gasteiger partial charge < -0.3 is 10.4 Å². The SMILES string of the molecule is Cc1cccc(-c2ccc(NCC(=O)O)cc2)c1. The first-order chi connectivity index (χ1) is 8.65. The number of anilines is 1. The van der Waals surface area contributed by atoms with Gasteiger partial charge in [-0.25, -0.2) is 0 Å². The number of rotatable bonds is 4. The molecule has 0 aliphatic heterocycles. The molecular weight excluding hydrogens is 226 g/mol. The summed E-state index contributed by atoms with van der Waals surface area (Å²) in [5, 5.41) is 11.4. The molecule has 0 saturated heterocycles. The number of aliphatic carboxylic acids is 1. The molecule has 92 valence electrons. The molecule has 0 aliphatic rings. The molecule has 3 heteroatoms. The number of hydrogen-bond acceptors (Lipinski definition) is 2. The van der Waals surface area contributed by atoms with Crippen molar-refractivity contribution in [2.24, 2.45) is 0 Å². The van der Waals surface area contributed by atoms with Crippen LogP contribution in [0, 0.1) is 6.92 Å². The Kier molecular flexibility index (Phi) is 3.63. The van der Waals surface area contributed by atoms with Crippen LogP contribution in [-0.2, 0) is 4.79 Å². The van der Waals surface area contributed by atoms with Crippen LogP contribution < -0.4 is 5.32 Å². The van der Waals surface area contributed by atoms with Crippen molar-refractivity contribution in [3.8, 4) is 11.1 Å². The van der Waals surface area contributed by atoms with Crippen molar-refractivity contribution in [2.45, 2.75) is 6.92 Å². The van der Waals surface area contributed by atoms with Crippen LogP contribution in [0.25, 0.3) is 11.1 Å². The molecule has 2 aromatic carbocycles. The van der Waals surface area contributed by atoms with Crippen LogP contribution in [0.3, 0.4) is 0 Å². The summed E-state index contributed by atoms with van der Waals surface area (Å²) >= 11 is 0. The van der Waals surface area contributed by atoms with E-state index in [1.54, 1.807) is 0 Å². The molecule has 0 spiro atoms. The van der Waals surface area contributed by atoms with Crippen molar-refractivity contribution in [3.63, 3.8) is 0 Å². The first-order valence-electron chi connectivity index (χ1n) is 5.78. The van der Waals surface area contributed by atoms with E-state index in [1.165, 1.54) is 11.1 Å². The average molecular weight is 241 g/mol. The first-order valence-corrected chi connectivity index (χ1v) is 5.78. The molecule has 0 saturated carbocycles. The van der Waals surface area contributed by atoms with Gasteiger partial charge in [0.2, 0.25) is 0 Å². The maximum Gasteiger partial charge on any atom is 0.322 e. The number of nitrogens with one attached hydrogen (secondary N) is 1. The number of carboxylic acids is 1. The molecule has 0 aromatic heterocycles. The maximum atomic E-state index is 10.4. The van der Waals surface area contributed by atoms with Gasteiger partial charge in [0.15, 0.2) is 0 Å². The molecule has 2 N–H and O–H groups in total. The second kappa shape index (κ2) is 5.36. The fourth-order valence-electron chi connectivity index (χ4n) is 1.78. The molecule has 18 heavy (non-hydrogen) atoms. The number of hydrogen-bond donors (Lipinski definition) is 2. The molecule has 0 unspecified atom stereocenters. The van der Waals surface area contributed by atoms with E-state index in [9.17, 15) is 4.79 Å². The summed E-state index contributed by atoms with van der Waals surface area (Å²) < 4.78 is 0. The van der Waals surface area contributed by atoms with Crippen LogP contribution in [0.4, 0.5) is 5.69 Å². The zero-order valence-corrected chi connectivity index (χ0v) is 10.2. The Hall–Kier alpha value is -2.29. The van der Waals surface area contributed by atoms with Gasteiger partial charge in [-0.1, -0.05) is 42.0 Å². The van der Waals surface area contributed by atoms with Crippen LogP contribution in [0.2, 0.25) is 0 Å². The summed E-state index contributed by atoms with van der Waals surface area (Å²) in [6, 6.07) is 16.0. The van der Waals surface area contributed by atoms with E-state index in [4.69, 9.17) is 5.11 Å². The van der Waals surface area contributed by atoms with Crippen LogP contribution in [-0.4, -0.2) is 17.6 Å². The van der Waals surface area contributed by atoms with E-state index < -0.39 is 5.97 Å². The average Bonchev–Trinajstić information content (AvgIpc) is 2.37. The molecular formula is C15H15NO2. The number of benzene rings is 2. The minimum absolute atomic E-state index is 0.0657. The summed E-state index contributed by atoms with van der Waals surface area (Å²) in [4.78, 5) is 10.4. The van der Waals surface area contributed by atoms with E-state index in [2.05, 4.69) is 30.4 Å². The van der Waals surface area contributed by atoms with Crippen LogP contribution in [0.15, 0.2) is 48.5 Å². The van der Waals surface area contributed by atoms with Gasteiger partial charge in [0.1, 0.15) is 6.54 Å². The Morgan fingerprint density at radius 3 is 2.44 bits per heavy atom. The maximum absolute atomic E-state index is 10.4. The van der Waals surface area contributed by atoms with Crippen molar-refractivity contribution in [3.05, 3.63) is 54.1 Å². The fourth-order valence-corrected chi connectivity index (χ4v) is 1.78. The molecule has 0 aliphatic carbocycles. The lowest BCUT2D eigenvalue weighted by Crippen LogP contribution is -2.11. The summed E-state index contributed by atoms with van der Waals surface area (Å²) in [6.07, 6.45) is 0. The van der Waals surface area contributed by atoms with Gasteiger partial charge in [-0.15, -0.1) is 0 Å². The van der Waals surface area contributed by atoms with E-state index in [0.717, 1.165) is 11.3 Å². The van der Waals surface area contributed by atoms with E-state index in [0.29, 0.717) is 0 Å². The largest absolute Gasteiger partial charge is 0.480 e. The van der Waals surface area contributed by atoms with Crippen LogP contribution >= 0.6 is 0 Å². The highest BCUT2D eigenvalue weighted by Crippen LogP contribution is 2.22. The van der Waals surface area contributed by atoms with E-state index in [1.807, 2.05) is 30.3 Å². The highest BCUT2D eigenvalue weighted by molar-refractivity contribution is 5.73. The molecule has 0 radical (unpaired) electrons. The molecule has 3 nitrogen and oxygen atoms in total. The molecule has 0 atom stereocenters. The normalized spacial score (nSPS) is 10.1. The Morgan fingerprint density at radius 2 is 1.83 bits per heavy atom. The summed E-state index contributed by atoms with van der Waals surface area (Å²) in [6.45, 7) is 2.00. The number of aryl methyl sites for hydroxylation is 1. The van der Waals surface area contributed by atoms with E-state index >= 15 is 0 Å². The monoisotopic (exact) mass is 241 g/mol. The van der Waals surface area contributed by atoms with Crippen molar-refractivity contribution in [1.82, 2.24) is 0 Å². The Labute approximate surface area is 106 Å². The minimum Gasteiger partial charge on any atom is -0.480 e. The summed E-state index contributed by atoms with van der Waals surface area (Å²) in [7, 11) is 0. The highest BCUT2D eigenvalue weighted by atomic mass is 16.4. The smallest absolute Gasteiger partial charge is 0.322 e. The second-order valence-electron chi connectivity index (χ2n) is 4.19. The molecule has 2 rings (SSSR count). The van der Waals surface area contributed by atoms with Gasteiger partial charge in [0, 0.05) is 5.69 Å². The number of carboxylic acid groups (broad SMARTS) is 1. The van der Waals surface area contributed by atoms with Crippen molar-refractivity contribution >= 4 is 11.7 Å².